The number of guanidine groups is 1. The van der Waals surface area contributed by atoms with Crippen molar-refractivity contribution in [3.8, 4) is 0 Å². The van der Waals surface area contributed by atoms with Gasteiger partial charge in [-0.15, -0.1) is 24.0 Å². The SMILES string of the molecule is CCNC(=NCCCNc1ccc(C(F)(F)F)cn1)NC1CCN(C(=O)CC)C1.I. The Bertz CT molecular complexity index is 684. The van der Waals surface area contributed by atoms with Crippen LogP contribution < -0.4 is 16.0 Å². The van der Waals surface area contributed by atoms with Crippen LogP contribution in [0, 0.1) is 0 Å². The lowest BCUT2D eigenvalue weighted by Crippen LogP contribution is -2.45. The van der Waals surface area contributed by atoms with Crippen molar-refractivity contribution >= 4 is 41.7 Å². The van der Waals surface area contributed by atoms with Crippen LogP contribution in [0.2, 0.25) is 0 Å². The Labute approximate surface area is 192 Å². The van der Waals surface area contributed by atoms with Gasteiger partial charge in [0.1, 0.15) is 5.82 Å². The summed E-state index contributed by atoms with van der Waals surface area (Å²) in [6.07, 6.45) is -1.46. The van der Waals surface area contributed by atoms with Crippen LogP contribution in [0.3, 0.4) is 0 Å². The van der Waals surface area contributed by atoms with E-state index in [2.05, 4.69) is 25.9 Å². The van der Waals surface area contributed by atoms with Gasteiger partial charge < -0.3 is 20.9 Å². The molecule has 7 nitrogen and oxygen atoms in total. The third-order valence-electron chi connectivity index (χ3n) is 4.53. The predicted molar refractivity (Wildman–Crippen MR) is 122 cm³/mol. The van der Waals surface area contributed by atoms with Crippen LogP contribution in [0.15, 0.2) is 23.3 Å². The first-order chi connectivity index (χ1) is 13.8. The van der Waals surface area contributed by atoms with Crippen molar-refractivity contribution in [1.82, 2.24) is 20.5 Å². The molecule has 3 N–H and O–H groups in total. The molecular weight excluding hydrogens is 512 g/mol. The Hall–Kier alpha value is -1.79. The molecule has 170 valence electrons. The van der Waals surface area contributed by atoms with Gasteiger partial charge in [0.25, 0.3) is 0 Å². The number of likely N-dealkylation sites (tertiary alicyclic amines) is 1. The summed E-state index contributed by atoms with van der Waals surface area (Å²) in [6.45, 7) is 7.10. The molecule has 1 atom stereocenters. The normalized spacial score (nSPS) is 16.8. The van der Waals surface area contributed by atoms with E-state index in [0.29, 0.717) is 44.3 Å². The number of carbonyl (C=O) groups is 1. The van der Waals surface area contributed by atoms with E-state index in [-0.39, 0.29) is 35.9 Å². The summed E-state index contributed by atoms with van der Waals surface area (Å²) in [5.74, 6) is 1.27. The molecule has 0 saturated carbocycles. The largest absolute Gasteiger partial charge is 0.417 e. The standard InChI is InChI=1S/C19H29F3N6O.HI/c1-3-17(29)28-11-8-15(13-28)27-18(23-4-2)25-10-5-9-24-16-7-6-14(12-26-16)19(20,21)22;/h6-7,12,15H,3-5,8-11,13H2,1-2H3,(H,24,26)(H2,23,25,27);1H. The minimum absolute atomic E-state index is 0. The van der Waals surface area contributed by atoms with Gasteiger partial charge in [0, 0.05) is 51.4 Å². The zero-order valence-electron chi connectivity index (χ0n) is 17.3. The molecule has 11 heteroatoms. The van der Waals surface area contributed by atoms with Crippen LogP contribution in [0.4, 0.5) is 19.0 Å². The van der Waals surface area contributed by atoms with Crippen LogP contribution in [-0.2, 0) is 11.0 Å². The zero-order chi connectivity index (χ0) is 21.3. The number of anilines is 1. The monoisotopic (exact) mass is 542 g/mol. The van der Waals surface area contributed by atoms with E-state index in [1.165, 1.54) is 6.07 Å². The van der Waals surface area contributed by atoms with Gasteiger partial charge in [0.15, 0.2) is 5.96 Å². The molecule has 1 aromatic heterocycles. The fraction of sp³-hybridized carbons (Fsp3) is 0.632. The van der Waals surface area contributed by atoms with Crippen molar-refractivity contribution in [2.45, 2.75) is 45.3 Å². The van der Waals surface area contributed by atoms with Crippen molar-refractivity contribution in [3.63, 3.8) is 0 Å². The number of nitrogens with zero attached hydrogens (tertiary/aromatic N) is 3. The Morgan fingerprint density at radius 2 is 2.10 bits per heavy atom. The molecule has 0 aliphatic carbocycles. The summed E-state index contributed by atoms with van der Waals surface area (Å²) in [4.78, 5) is 22.0. The number of rotatable bonds is 8. The lowest BCUT2D eigenvalue weighted by Gasteiger charge is -2.18. The summed E-state index contributed by atoms with van der Waals surface area (Å²) in [5, 5.41) is 9.55. The van der Waals surface area contributed by atoms with Gasteiger partial charge >= 0.3 is 6.18 Å². The van der Waals surface area contributed by atoms with E-state index in [9.17, 15) is 18.0 Å². The molecular formula is C19H30F3IN6O. The number of aromatic nitrogens is 1. The fourth-order valence-corrected chi connectivity index (χ4v) is 2.99. The lowest BCUT2D eigenvalue weighted by atomic mass is 10.3. The quantitative estimate of drug-likeness (QED) is 0.204. The number of amides is 1. The molecule has 2 heterocycles. The van der Waals surface area contributed by atoms with Crippen LogP contribution in [0.25, 0.3) is 0 Å². The van der Waals surface area contributed by atoms with E-state index < -0.39 is 11.7 Å². The molecule has 1 aliphatic rings. The van der Waals surface area contributed by atoms with E-state index in [4.69, 9.17) is 0 Å². The maximum absolute atomic E-state index is 12.5. The Kier molecular flexibility index (Phi) is 11.2. The number of aliphatic imine (C=N–C) groups is 1. The molecule has 1 aliphatic heterocycles. The van der Waals surface area contributed by atoms with Crippen LogP contribution >= 0.6 is 24.0 Å². The summed E-state index contributed by atoms with van der Waals surface area (Å²) in [7, 11) is 0. The van der Waals surface area contributed by atoms with Gasteiger partial charge in [-0.3, -0.25) is 9.79 Å². The minimum atomic E-state index is -4.38. The summed E-state index contributed by atoms with van der Waals surface area (Å²) in [6, 6.07) is 2.51. The van der Waals surface area contributed by atoms with Crippen molar-refractivity contribution in [3.05, 3.63) is 23.9 Å². The van der Waals surface area contributed by atoms with Crippen LogP contribution in [-0.4, -0.2) is 60.5 Å². The number of halogens is 4. The van der Waals surface area contributed by atoms with Crippen molar-refractivity contribution < 1.29 is 18.0 Å². The smallest absolute Gasteiger partial charge is 0.370 e. The van der Waals surface area contributed by atoms with Gasteiger partial charge in [0.05, 0.1) is 5.56 Å². The molecule has 1 amide bonds. The second-order valence-corrected chi connectivity index (χ2v) is 6.79. The molecule has 0 aromatic carbocycles. The Morgan fingerprint density at radius 1 is 1.33 bits per heavy atom. The van der Waals surface area contributed by atoms with Crippen LogP contribution in [0.1, 0.15) is 38.7 Å². The fourth-order valence-electron chi connectivity index (χ4n) is 2.99. The first-order valence-corrected chi connectivity index (χ1v) is 9.93. The number of nitrogens with one attached hydrogen (secondary N) is 3. The lowest BCUT2D eigenvalue weighted by molar-refractivity contribution is -0.137. The second-order valence-electron chi connectivity index (χ2n) is 6.79. The highest BCUT2D eigenvalue weighted by molar-refractivity contribution is 14.0. The van der Waals surface area contributed by atoms with Gasteiger partial charge in [0.2, 0.25) is 5.91 Å². The van der Waals surface area contributed by atoms with Crippen LogP contribution in [0.5, 0.6) is 0 Å². The molecule has 30 heavy (non-hydrogen) atoms. The molecule has 1 aromatic rings. The molecule has 0 bridgehead atoms. The highest BCUT2D eigenvalue weighted by Crippen LogP contribution is 2.28. The van der Waals surface area contributed by atoms with Gasteiger partial charge in [-0.2, -0.15) is 13.2 Å². The zero-order valence-corrected chi connectivity index (χ0v) is 19.6. The number of alkyl halides is 3. The average Bonchev–Trinajstić information content (AvgIpc) is 3.15. The van der Waals surface area contributed by atoms with Crippen molar-refractivity contribution in [1.29, 1.82) is 0 Å². The number of hydrogen-bond acceptors (Lipinski definition) is 4. The van der Waals surface area contributed by atoms with Gasteiger partial charge in [-0.25, -0.2) is 4.98 Å². The van der Waals surface area contributed by atoms with E-state index in [0.717, 1.165) is 31.8 Å². The second kappa shape index (κ2) is 12.8. The predicted octanol–water partition coefficient (Wildman–Crippen LogP) is 3.09. The van der Waals surface area contributed by atoms with Gasteiger partial charge in [-0.1, -0.05) is 6.92 Å². The molecule has 0 radical (unpaired) electrons. The van der Waals surface area contributed by atoms with Crippen molar-refractivity contribution in [2.24, 2.45) is 4.99 Å². The van der Waals surface area contributed by atoms with E-state index in [1.807, 2.05) is 18.7 Å². The Morgan fingerprint density at radius 3 is 2.70 bits per heavy atom. The van der Waals surface area contributed by atoms with Crippen molar-refractivity contribution in [2.75, 3.05) is 38.0 Å². The average molecular weight is 542 g/mol. The molecule has 2 rings (SSSR count). The maximum atomic E-state index is 12.5. The highest BCUT2D eigenvalue weighted by Gasteiger charge is 2.30. The summed E-state index contributed by atoms with van der Waals surface area (Å²) < 4.78 is 37.6. The first-order valence-electron chi connectivity index (χ1n) is 9.93. The van der Waals surface area contributed by atoms with E-state index in [1.54, 1.807) is 0 Å². The molecule has 0 spiro atoms. The van der Waals surface area contributed by atoms with E-state index >= 15 is 0 Å². The maximum Gasteiger partial charge on any atom is 0.417 e. The third kappa shape index (κ3) is 8.52. The highest BCUT2D eigenvalue weighted by atomic mass is 127. The summed E-state index contributed by atoms with van der Waals surface area (Å²) in [5.41, 5.74) is -0.764. The Balaban J connectivity index is 0.00000450. The molecule has 1 fully saturated rings. The topological polar surface area (TPSA) is 81.7 Å². The molecule has 1 unspecified atom stereocenters. The van der Waals surface area contributed by atoms with Gasteiger partial charge in [-0.05, 0) is 31.9 Å². The number of pyridine rings is 1. The summed E-state index contributed by atoms with van der Waals surface area (Å²) >= 11 is 0. The minimum Gasteiger partial charge on any atom is -0.370 e. The third-order valence-corrected chi connectivity index (χ3v) is 4.53. The number of hydrogen-bond donors (Lipinski definition) is 3. The first kappa shape index (κ1) is 26.2. The molecule has 1 saturated heterocycles. The number of carbonyl (C=O) groups excluding carboxylic acids is 1.